The number of fused-ring (bicyclic) bond motifs is 1. The van der Waals surface area contributed by atoms with Crippen LogP contribution in [0.3, 0.4) is 0 Å². The average molecular weight is 407 g/mol. The zero-order valence-corrected chi connectivity index (χ0v) is 17.4. The summed E-state index contributed by atoms with van der Waals surface area (Å²) in [6, 6.07) is 16.1. The number of aromatic nitrogens is 2. The normalized spacial score (nSPS) is 12.0. The molecule has 1 heterocycles. The summed E-state index contributed by atoms with van der Waals surface area (Å²) in [5.41, 5.74) is 1.56. The molecule has 3 aromatic rings. The van der Waals surface area contributed by atoms with Gasteiger partial charge < -0.3 is 5.32 Å². The Morgan fingerprint density at radius 1 is 1.21 bits per heavy atom. The molecule has 0 radical (unpaired) electrons. The van der Waals surface area contributed by atoms with E-state index in [1.165, 1.54) is 11.8 Å². The smallest absolute Gasteiger partial charge is 0.262 e. The Bertz CT molecular complexity index is 1150. The van der Waals surface area contributed by atoms with Gasteiger partial charge in [0.2, 0.25) is 5.91 Å². The van der Waals surface area contributed by atoms with E-state index in [9.17, 15) is 9.59 Å². The van der Waals surface area contributed by atoms with Crippen LogP contribution in [0.2, 0.25) is 0 Å². The molecule has 0 aliphatic carbocycles. The highest BCUT2D eigenvalue weighted by Gasteiger charge is 2.20. The molecular formula is C22H22N4O2S. The highest BCUT2D eigenvalue weighted by atomic mass is 32.2. The minimum absolute atomic E-state index is 0.0962. The van der Waals surface area contributed by atoms with Gasteiger partial charge >= 0.3 is 0 Å². The topological polar surface area (TPSA) is 87.8 Å². The Morgan fingerprint density at radius 3 is 2.69 bits per heavy atom. The standard InChI is InChI=1S/C22H22N4O2S/c1-14(2)13-26-21(28)18-9-4-5-10-19(18)25-22(26)29-15(3)20(27)24-17-8-6-7-16(11-17)12-23/h4-11,14-15H,13H2,1-3H3,(H,24,27)/t15-/m0/s1. The van der Waals surface area contributed by atoms with Crippen LogP contribution >= 0.6 is 11.8 Å². The molecule has 6 nitrogen and oxygen atoms in total. The average Bonchev–Trinajstić information content (AvgIpc) is 2.70. The number of hydrogen-bond acceptors (Lipinski definition) is 5. The molecule has 0 bridgehead atoms. The summed E-state index contributed by atoms with van der Waals surface area (Å²) in [7, 11) is 0. The Kier molecular flexibility index (Phi) is 6.35. The Hall–Kier alpha value is -3.11. The summed E-state index contributed by atoms with van der Waals surface area (Å²) in [4.78, 5) is 30.3. The van der Waals surface area contributed by atoms with E-state index < -0.39 is 5.25 Å². The molecule has 0 spiro atoms. The van der Waals surface area contributed by atoms with Crippen LogP contribution in [-0.2, 0) is 11.3 Å². The molecule has 3 rings (SSSR count). The number of benzene rings is 2. The highest BCUT2D eigenvalue weighted by molar-refractivity contribution is 8.00. The van der Waals surface area contributed by atoms with Crippen LogP contribution in [0.15, 0.2) is 58.5 Å². The summed E-state index contributed by atoms with van der Waals surface area (Å²) < 4.78 is 1.65. The van der Waals surface area contributed by atoms with Crippen LogP contribution in [0.4, 0.5) is 5.69 Å². The Labute approximate surface area is 173 Å². The van der Waals surface area contributed by atoms with Crippen molar-refractivity contribution in [3.05, 3.63) is 64.4 Å². The number of nitrogens with one attached hydrogen (secondary N) is 1. The van der Waals surface area contributed by atoms with Gasteiger partial charge in [0.25, 0.3) is 5.56 Å². The van der Waals surface area contributed by atoms with Crippen molar-refractivity contribution in [2.24, 2.45) is 5.92 Å². The molecule has 1 atom stereocenters. The second-order valence-electron chi connectivity index (χ2n) is 7.16. The van der Waals surface area contributed by atoms with Crippen LogP contribution in [0.1, 0.15) is 26.3 Å². The van der Waals surface area contributed by atoms with Crippen LogP contribution in [0.25, 0.3) is 10.9 Å². The molecule has 2 aromatic carbocycles. The quantitative estimate of drug-likeness (QED) is 0.493. The van der Waals surface area contributed by atoms with Crippen LogP contribution in [0.5, 0.6) is 0 Å². The summed E-state index contributed by atoms with van der Waals surface area (Å²) in [5, 5.41) is 12.4. The maximum atomic E-state index is 13.0. The van der Waals surface area contributed by atoms with Crippen LogP contribution in [-0.4, -0.2) is 20.7 Å². The van der Waals surface area contributed by atoms with E-state index >= 15 is 0 Å². The molecule has 148 valence electrons. The van der Waals surface area contributed by atoms with Crippen molar-refractivity contribution in [2.45, 2.75) is 37.7 Å². The Balaban J connectivity index is 1.88. The number of hydrogen-bond donors (Lipinski definition) is 1. The third-order valence-electron chi connectivity index (χ3n) is 4.28. The molecule has 29 heavy (non-hydrogen) atoms. The maximum Gasteiger partial charge on any atom is 0.262 e. The molecule has 0 aliphatic rings. The number of carbonyl (C=O) groups excluding carboxylic acids is 1. The van der Waals surface area contributed by atoms with Gasteiger partial charge in [0, 0.05) is 12.2 Å². The molecule has 1 amide bonds. The number of anilines is 1. The zero-order valence-electron chi connectivity index (χ0n) is 16.5. The van der Waals surface area contributed by atoms with Gasteiger partial charge in [-0.1, -0.05) is 43.8 Å². The molecule has 1 N–H and O–H groups in total. The van der Waals surface area contributed by atoms with Gasteiger partial charge in [-0.3, -0.25) is 14.2 Å². The third-order valence-corrected chi connectivity index (χ3v) is 5.38. The van der Waals surface area contributed by atoms with Gasteiger partial charge in [0.1, 0.15) is 0 Å². The predicted molar refractivity (Wildman–Crippen MR) is 116 cm³/mol. The van der Waals surface area contributed by atoms with Crippen molar-refractivity contribution in [3.63, 3.8) is 0 Å². The van der Waals surface area contributed by atoms with Crippen molar-refractivity contribution in [1.82, 2.24) is 9.55 Å². The number of thioether (sulfide) groups is 1. The number of para-hydroxylation sites is 1. The summed E-state index contributed by atoms with van der Waals surface area (Å²) in [5.74, 6) is 0.0384. The summed E-state index contributed by atoms with van der Waals surface area (Å²) in [6.45, 7) is 6.37. The van der Waals surface area contributed by atoms with E-state index in [0.29, 0.717) is 33.9 Å². The summed E-state index contributed by atoms with van der Waals surface area (Å²) in [6.07, 6.45) is 0. The molecule has 0 saturated heterocycles. The van der Waals surface area contributed by atoms with Gasteiger partial charge in [0.15, 0.2) is 5.16 Å². The lowest BCUT2D eigenvalue weighted by Gasteiger charge is -2.17. The fourth-order valence-corrected chi connectivity index (χ4v) is 3.80. The van der Waals surface area contributed by atoms with Crippen molar-refractivity contribution >= 4 is 34.3 Å². The van der Waals surface area contributed by atoms with Gasteiger partial charge in [-0.05, 0) is 43.2 Å². The first-order valence-electron chi connectivity index (χ1n) is 9.36. The number of rotatable bonds is 6. The monoisotopic (exact) mass is 406 g/mol. The lowest BCUT2D eigenvalue weighted by Crippen LogP contribution is -2.28. The second kappa shape index (κ2) is 8.93. The predicted octanol–water partition coefficient (Wildman–Crippen LogP) is 4.04. The number of nitrogens with zero attached hydrogens (tertiary/aromatic N) is 3. The largest absolute Gasteiger partial charge is 0.325 e. The second-order valence-corrected chi connectivity index (χ2v) is 8.47. The van der Waals surface area contributed by atoms with Crippen molar-refractivity contribution in [2.75, 3.05) is 5.32 Å². The van der Waals surface area contributed by atoms with E-state index in [-0.39, 0.29) is 17.4 Å². The Morgan fingerprint density at radius 2 is 1.97 bits per heavy atom. The van der Waals surface area contributed by atoms with Crippen molar-refractivity contribution in [1.29, 1.82) is 5.26 Å². The van der Waals surface area contributed by atoms with Crippen molar-refractivity contribution in [3.8, 4) is 6.07 Å². The van der Waals surface area contributed by atoms with Gasteiger partial charge in [-0.25, -0.2) is 4.98 Å². The lowest BCUT2D eigenvalue weighted by atomic mass is 10.2. The van der Waals surface area contributed by atoms with Gasteiger partial charge in [-0.15, -0.1) is 0 Å². The highest BCUT2D eigenvalue weighted by Crippen LogP contribution is 2.24. The first-order chi connectivity index (χ1) is 13.9. The molecule has 0 fully saturated rings. The van der Waals surface area contributed by atoms with Crippen LogP contribution < -0.4 is 10.9 Å². The number of nitriles is 1. The molecule has 0 unspecified atom stereocenters. The molecule has 0 saturated carbocycles. The lowest BCUT2D eigenvalue weighted by molar-refractivity contribution is -0.115. The maximum absolute atomic E-state index is 13.0. The van der Waals surface area contributed by atoms with E-state index in [1.54, 1.807) is 47.9 Å². The number of carbonyl (C=O) groups is 1. The van der Waals surface area contributed by atoms with E-state index in [1.807, 2.05) is 26.0 Å². The van der Waals surface area contributed by atoms with Gasteiger partial charge in [0.05, 0.1) is 27.8 Å². The fraction of sp³-hybridized carbons (Fsp3) is 0.273. The van der Waals surface area contributed by atoms with E-state index in [2.05, 4.69) is 16.4 Å². The van der Waals surface area contributed by atoms with E-state index in [0.717, 1.165) is 0 Å². The minimum Gasteiger partial charge on any atom is -0.325 e. The van der Waals surface area contributed by atoms with Crippen LogP contribution in [0, 0.1) is 17.2 Å². The van der Waals surface area contributed by atoms with Gasteiger partial charge in [-0.2, -0.15) is 5.26 Å². The molecule has 1 aromatic heterocycles. The SMILES string of the molecule is CC(C)Cn1c(S[C@@H](C)C(=O)Nc2cccc(C#N)c2)nc2ccccc2c1=O. The number of amides is 1. The first-order valence-corrected chi connectivity index (χ1v) is 10.2. The van der Waals surface area contributed by atoms with E-state index in [4.69, 9.17) is 5.26 Å². The third kappa shape index (κ3) is 4.84. The molecule has 0 aliphatic heterocycles. The zero-order chi connectivity index (χ0) is 21.0. The van der Waals surface area contributed by atoms with Crippen molar-refractivity contribution < 1.29 is 4.79 Å². The molecule has 7 heteroatoms. The molecular weight excluding hydrogens is 384 g/mol. The first kappa shape index (κ1) is 20.6. The minimum atomic E-state index is -0.479. The summed E-state index contributed by atoms with van der Waals surface area (Å²) >= 11 is 1.25. The fourth-order valence-electron chi connectivity index (χ4n) is 2.89.